The Kier molecular flexibility index (Phi) is 5.01. The first-order chi connectivity index (χ1) is 10.2. The Hall–Kier alpha value is -2.72. The molecule has 0 aliphatic carbocycles. The summed E-state index contributed by atoms with van der Waals surface area (Å²) in [5, 5.41) is 6.91. The van der Waals surface area contributed by atoms with Crippen molar-refractivity contribution in [2.75, 3.05) is 13.1 Å². The van der Waals surface area contributed by atoms with E-state index in [1.807, 2.05) is 0 Å². The zero-order chi connectivity index (χ0) is 15.1. The normalized spacial score (nSPS) is 9.81. The van der Waals surface area contributed by atoms with Gasteiger partial charge in [0, 0.05) is 31.8 Å². The van der Waals surface area contributed by atoms with E-state index in [1.54, 1.807) is 36.4 Å². The predicted molar refractivity (Wildman–Crippen MR) is 77.2 cm³/mol. The molecule has 0 spiro atoms. The van der Waals surface area contributed by atoms with Crippen LogP contribution in [-0.2, 0) is 13.5 Å². The topological polar surface area (TPSA) is 98.7 Å². The van der Waals surface area contributed by atoms with Crippen LogP contribution < -0.4 is 11.1 Å². The Balaban J connectivity index is 1.85. The molecule has 0 radical (unpaired) electrons. The number of aryl methyl sites for hydroxylation is 1. The lowest BCUT2D eigenvalue weighted by Gasteiger charge is -2.03. The highest BCUT2D eigenvalue weighted by Crippen LogP contribution is 1.99. The second-order valence-corrected chi connectivity index (χ2v) is 4.28. The van der Waals surface area contributed by atoms with Gasteiger partial charge in [0.15, 0.2) is 5.82 Å². The zero-order valence-corrected chi connectivity index (χ0v) is 11.7. The maximum absolute atomic E-state index is 11.9. The van der Waals surface area contributed by atoms with Gasteiger partial charge in [0.25, 0.3) is 5.91 Å². The van der Waals surface area contributed by atoms with Crippen LogP contribution in [-0.4, -0.2) is 38.7 Å². The Bertz CT molecular complexity index is 665. The van der Waals surface area contributed by atoms with E-state index in [9.17, 15) is 4.79 Å². The molecule has 2 rings (SSSR count). The van der Waals surface area contributed by atoms with E-state index in [4.69, 9.17) is 5.73 Å². The van der Waals surface area contributed by atoms with Crippen molar-refractivity contribution in [1.82, 2.24) is 25.1 Å². The zero-order valence-electron chi connectivity index (χ0n) is 11.7. The van der Waals surface area contributed by atoms with Crippen molar-refractivity contribution in [1.29, 1.82) is 0 Å². The van der Waals surface area contributed by atoms with Crippen LogP contribution in [0.25, 0.3) is 0 Å². The van der Waals surface area contributed by atoms with E-state index in [0.29, 0.717) is 31.0 Å². The summed E-state index contributed by atoms with van der Waals surface area (Å²) in [5.74, 6) is 6.04. The summed E-state index contributed by atoms with van der Waals surface area (Å²) in [7, 11) is 1.80. The van der Waals surface area contributed by atoms with E-state index < -0.39 is 0 Å². The molecule has 1 amide bonds. The van der Waals surface area contributed by atoms with Crippen LogP contribution in [0.5, 0.6) is 0 Å². The lowest BCUT2D eigenvalue weighted by Crippen LogP contribution is -2.26. The van der Waals surface area contributed by atoms with Crippen LogP contribution in [0.2, 0.25) is 0 Å². The van der Waals surface area contributed by atoms with Gasteiger partial charge in [0.2, 0.25) is 0 Å². The Morgan fingerprint density at radius 1 is 1.43 bits per heavy atom. The minimum atomic E-state index is -0.232. The summed E-state index contributed by atoms with van der Waals surface area (Å²) in [6.07, 6.45) is 3.75. The second-order valence-electron chi connectivity index (χ2n) is 4.28. The molecule has 2 aromatic heterocycles. The van der Waals surface area contributed by atoms with Crippen LogP contribution in [0, 0.1) is 11.8 Å². The third-order valence-corrected chi connectivity index (χ3v) is 2.61. The predicted octanol–water partition coefficient (Wildman–Crippen LogP) is -0.507. The molecule has 21 heavy (non-hydrogen) atoms. The number of nitrogens with zero attached hydrogens (tertiary/aromatic N) is 4. The Morgan fingerprint density at radius 2 is 2.29 bits per heavy atom. The molecular weight excluding hydrogens is 268 g/mol. The van der Waals surface area contributed by atoms with Gasteiger partial charge in [-0.1, -0.05) is 11.8 Å². The van der Waals surface area contributed by atoms with Gasteiger partial charge in [-0.05, 0) is 12.1 Å². The lowest BCUT2D eigenvalue weighted by molar-refractivity contribution is 0.0949. The highest BCUT2D eigenvalue weighted by atomic mass is 16.1. The van der Waals surface area contributed by atoms with Gasteiger partial charge >= 0.3 is 0 Å². The first kappa shape index (κ1) is 14.7. The summed E-state index contributed by atoms with van der Waals surface area (Å²) in [6.45, 7) is 0.753. The first-order valence-corrected chi connectivity index (χ1v) is 6.47. The molecule has 3 N–H and O–H groups in total. The van der Waals surface area contributed by atoms with Gasteiger partial charge in [-0.25, -0.2) is 9.97 Å². The van der Waals surface area contributed by atoms with E-state index >= 15 is 0 Å². The molecule has 0 aliphatic rings. The minimum Gasteiger partial charge on any atom is -0.350 e. The van der Waals surface area contributed by atoms with Crippen molar-refractivity contribution >= 4 is 5.91 Å². The van der Waals surface area contributed by atoms with Crippen LogP contribution >= 0.6 is 0 Å². The number of hydrogen-bond donors (Lipinski definition) is 2. The van der Waals surface area contributed by atoms with Crippen LogP contribution in [0.15, 0.2) is 24.7 Å². The molecule has 0 saturated carbocycles. The highest BCUT2D eigenvalue weighted by molar-refractivity contribution is 5.92. The summed E-state index contributed by atoms with van der Waals surface area (Å²) < 4.78 is 1.62. The third kappa shape index (κ3) is 4.40. The van der Waals surface area contributed by atoms with Gasteiger partial charge in [0.05, 0.1) is 6.54 Å². The van der Waals surface area contributed by atoms with Crippen LogP contribution in [0.1, 0.15) is 21.9 Å². The number of nitrogens with two attached hydrogens (primary N) is 1. The van der Waals surface area contributed by atoms with Gasteiger partial charge in [-0.2, -0.15) is 5.10 Å². The Morgan fingerprint density at radius 3 is 2.90 bits per heavy atom. The molecular formula is C14H16N6O. The number of pyridine rings is 1. The smallest absolute Gasteiger partial charge is 0.269 e. The molecule has 0 bridgehead atoms. The number of hydrogen-bond acceptors (Lipinski definition) is 5. The Labute approximate surface area is 122 Å². The lowest BCUT2D eigenvalue weighted by atomic mass is 10.2. The number of rotatable bonds is 4. The molecule has 7 heteroatoms. The maximum Gasteiger partial charge on any atom is 0.269 e. The first-order valence-electron chi connectivity index (χ1n) is 6.47. The van der Waals surface area contributed by atoms with Crippen molar-refractivity contribution in [2.45, 2.75) is 6.42 Å². The molecule has 2 heterocycles. The molecule has 2 aromatic rings. The second kappa shape index (κ2) is 7.17. The number of aromatic nitrogens is 4. The van der Waals surface area contributed by atoms with Crippen molar-refractivity contribution in [2.24, 2.45) is 12.8 Å². The average molecular weight is 284 g/mol. The third-order valence-electron chi connectivity index (χ3n) is 2.61. The molecule has 0 aromatic carbocycles. The van der Waals surface area contributed by atoms with E-state index in [-0.39, 0.29) is 5.91 Å². The molecule has 7 nitrogen and oxygen atoms in total. The largest absolute Gasteiger partial charge is 0.350 e. The summed E-state index contributed by atoms with van der Waals surface area (Å²) in [4.78, 5) is 20.0. The number of carbonyl (C=O) groups excluding carboxylic acids is 1. The molecule has 0 fully saturated rings. The van der Waals surface area contributed by atoms with Crippen molar-refractivity contribution in [3.05, 3.63) is 41.7 Å². The monoisotopic (exact) mass is 284 g/mol. The molecule has 108 valence electrons. The number of amides is 1. The summed E-state index contributed by atoms with van der Waals surface area (Å²) >= 11 is 0. The quantitative estimate of drug-likeness (QED) is 0.737. The van der Waals surface area contributed by atoms with Crippen LogP contribution in [0.3, 0.4) is 0 Å². The van der Waals surface area contributed by atoms with Gasteiger partial charge in [0.1, 0.15) is 12.0 Å². The van der Waals surface area contributed by atoms with E-state index in [2.05, 4.69) is 32.2 Å². The number of carbonyl (C=O) groups is 1. The minimum absolute atomic E-state index is 0.232. The maximum atomic E-state index is 11.9. The SMILES string of the molecule is Cn1cnc(CCNC(=O)c2ccc(C#CCN)cn2)n1. The van der Waals surface area contributed by atoms with Gasteiger partial charge in [-0.15, -0.1) is 0 Å². The summed E-state index contributed by atoms with van der Waals surface area (Å²) in [6, 6.07) is 3.37. The highest BCUT2D eigenvalue weighted by Gasteiger charge is 2.07. The molecule has 0 aliphatic heterocycles. The summed E-state index contributed by atoms with van der Waals surface area (Å²) in [5.41, 5.74) is 6.37. The number of nitrogens with one attached hydrogen (secondary N) is 1. The molecule has 0 saturated heterocycles. The molecule has 0 atom stereocenters. The fourth-order valence-electron chi connectivity index (χ4n) is 1.63. The van der Waals surface area contributed by atoms with Gasteiger partial charge in [-0.3, -0.25) is 9.48 Å². The van der Waals surface area contributed by atoms with Crippen molar-refractivity contribution < 1.29 is 4.79 Å². The van der Waals surface area contributed by atoms with E-state index in [1.165, 1.54) is 0 Å². The standard InChI is InChI=1S/C14H16N6O/c1-20-10-18-13(19-20)6-8-16-14(21)12-5-4-11(9-17-12)3-2-7-15/h4-5,9-10H,6-8,15H2,1H3,(H,16,21). The fraction of sp³-hybridized carbons (Fsp3) is 0.286. The van der Waals surface area contributed by atoms with Crippen molar-refractivity contribution in [3.8, 4) is 11.8 Å². The van der Waals surface area contributed by atoms with Gasteiger partial charge < -0.3 is 11.1 Å². The average Bonchev–Trinajstić information content (AvgIpc) is 2.91. The fourth-order valence-corrected chi connectivity index (χ4v) is 1.63. The van der Waals surface area contributed by atoms with Crippen LogP contribution in [0.4, 0.5) is 0 Å². The van der Waals surface area contributed by atoms with E-state index in [0.717, 1.165) is 5.56 Å². The molecule has 0 unspecified atom stereocenters. The van der Waals surface area contributed by atoms with Crippen molar-refractivity contribution in [3.63, 3.8) is 0 Å².